The number of phenols is 1. The van der Waals surface area contributed by atoms with E-state index in [4.69, 9.17) is 37.9 Å². The van der Waals surface area contributed by atoms with E-state index in [9.17, 15) is 85.6 Å². The van der Waals surface area contributed by atoms with E-state index < -0.39 is 172 Å². The number of aromatic nitrogens is 1. The molecular formula is C49H73N3O26. The van der Waals surface area contributed by atoms with Crippen molar-refractivity contribution in [2.75, 3.05) is 33.5 Å². The molecule has 29 nitrogen and oxygen atoms in total. The smallest absolute Gasteiger partial charge is 0.364 e. The maximum Gasteiger partial charge on any atom is 0.364 e. The molecule has 4 aliphatic heterocycles. The maximum absolute atomic E-state index is 14.4. The van der Waals surface area contributed by atoms with Crippen molar-refractivity contribution >= 4 is 34.7 Å². The summed E-state index contributed by atoms with van der Waals surface area (Å²) in [5, 5.41) is 147. The minimum absolute atomic E-state index is 0.0402. The summed E-state index contributed by atoms with van der Waals surface area (Å²) in [6.45, 7) is -0.860. The number of pyridine rings is 1. The summed E-state index contributed by atoms with van der Waals surface area (Å²) < 4.78 is 53.1. The molecule has 1 aromatic carbocycles. The number of aliphatic carboxylic acids is 1. The largest absolute Gasteiger partial charge is 0.506 e. The lowest BCUT2D eigenvalue weighted by Crippen LogP contribution is -2.71. The molecule has 2 aromatic rings. The van der Waals surface area contributed by atoms with Gasteiger partial charge in [-0.1, -0.05) is 43.9 Å². The Kier molecular flexibility index (Phi) is 22.8. The number of amides is 2. The van der Waals surface area contributed by atoms with Crippen molar-refractivity contribution in [1.82, 2.24) is 15.6 Å². The molecule has 15 N–H and O–H groups in total. The highest BCUT2D eigenvalue weighted by Crippen LogP contribution is 2.39. The molecule has 0 radical (unpaired) electrons. The molecule has 0 aliphatic carbocycles. The third-order valence-corrected chi connectivity index (χ3v) is 14.1. The molecule has 440 valence electrons. The number of ether oxygens (including phenoxy) is 9. The summed E-state index contributed by atoms with van der Waals surface area (Å²) in [5.74, 6) is -7.55. The predicted octanol–water partition coefficient (Wildman–Crippen LogP) is -4.75. The average Bonchev–Trinajstić information content (AvgIpc) is 3.52. The number of aliphatic hydroxyl groups is 11. The Hall–Kier alpha value is -4.45. The number of methoxy groups -OCH3 is 1. The van der Waals surface area contributed by atoms with Crippen LogP contribution >= 0.6 is 0 Å². The van der Waals surface area contributed by atoms with Crippen molar-refractivity contribution in [3.05, 3.63) is 36.0 Å². The number of hydrogen-bond donors (Lipinski definition) is 15. The van der Waals surface area contributed by atoms with Gasteiger partial charge in [-0.2, -0.15) is 0 Å². The van der Waals surface area contributed by atoms with Gasteiger partial charge in [-0.05, 0) is 31.9 Å². The number of phenolic OH excluding ortho intramolecular Hbond substituents is 1. The van der Waals surface area contributed by atoms with Crippen LogP contribution in [-0.2, 0) is 57.0 Å². The molecule has 4 fully saturated rings. The molecular weight excluding hydrogens is 1050 g/mol. The SMILES string of the molecule is COC(=O)CCCCCCCCOC1OC(CO)C(OC2OC(CO)C(O)C(O[C@]3(C(=O)O)CC(O)C(NC(C)=O)C([C@H](O)[C@H](O)CO)O3)C2O)C(OC2OC(C)C(O)C(O)C2O)C1NC(=O)c1ccc2cccc(O)c2n1. The van der Waals surface area contributed by atoms with Gasteiger partial charge in [0.2, 0.25) is 5.91 Å². The number of esters is 1. The van der Waals surface area contributed by atoms with Gasteiger partial charge in [0.05, 0.1) is 45.2 Å². The van der Waals surface area contributed by atoms with Gasteiger partial charge in [-0.3, -0.25) is 14.4 Å². The van der Waals surface area contributed by atoms with E-state index in [1.165, 1.54) is 32.2 Å². The number of hydrogen-bond acceptors (Lipinski definition) is 26. The van der Waals surface area contributed by atoms with Gasteiger partial charge in [-0.15, -0.1) is 0 Å². The van der Waals surface area contributed by atoms with E-state index in [0.29, 0.717) is 24.6 Å². The third-order valence-electron chi connectivity index (χ3n) is 14.1. The van der Waals surface area contributed by atoms with Crippen LogP contribution in [0.5, 0.6) is 5.75 Å². The van der Waals surface area contributed by atoms with Gasteiger partial charge in [-0.25, -0.2) is 9.78 Å². The van der Waals surface area contributed by atoms with Crippen LogP contribution < -0.4 is 10.6 Å². The van der Waals surface area contributed by atoms with Crippen molar-refractivity contribution in [3.63, 3.8) is 0 Å². The van der Waals surface area contributed by atoms with Gasteiger partial charge >= 0.3 is 11.9 Å². The van der Waals surface area contributed by atoms with Gasteiger partial charge in [0.1, 0.15) is 102 Å². The van der Waals surface area contributed by atoms with E-state index >= 15 is 0 Å². The van der Waals surface area contributed by atoms with Crippen LogP contribution in [0.2, 0.25) is 0 Å². The molecule has 4 saturated heterocycles. The first-order valence-electron chi connectivity index (χ1n) is 25.6. The summed E-state index contributed by atoms with van der Waals surface area (Å²) in [6, 6.07) is 4.09. The second kappa shape index (κ2) is 28.3. The van der Waals surface area contributed by atoms with Crippen LogP contribution in [0.15, 0.2) is 30.3 Å². The third kappa shape index (κ3) is 14.7. The zero-order valence-electron chi connectivity index (χ0n) is 43.0. The highest BCUT2D eigenvalue weighted by atomic mass is 16.8. The minimum atomic E-state index is -3.18. The van der Waals surface area contributed by atoms with Gasteiger partial charge in [0.25, 0.3) is 11.7 Å². The standard InChI is InChI=1S/C49H73N3O26/c1-21-34(61)37(64)38(65)46(72-21)76-42-33(52-44(67)24-15-14-23-11-10-12-25(57)31(23)51-24)45(71-16-9-7-5-4-6-8-13-30(60)70-3)74-29(20-55)40(42)75-47-39(66)43(36(63)28(19-54)73-47)78-49(48(68)69)17-26(58)32(50-22(2)56)41(77-49)35(62)27(59)18-53/h10-12,14-15,21,26-29,32-43,45-47,53-55,57-59,61-66H,4-9,13,16-20H2,1-3H3,(H,50,56)(H,52,67)(H,68,69)/t21?,26?,27-,28?,29?,32?,33?,34?,35-,36?,37?,38?,39?,40?,41?,42?,43?,45?,46?,47?,49+/m1/s1. The second-order valence-corrected chi connectivity index (χ2v) is 19.6. The zero-order valence-corrected chi connectivity index (χ0v) is 43.0. The summed E-state index contributed by atoms with van der Waals surface area (Å²) in [7, 11) is 1.31. The van der Waals surface area contributed by atoms with Crippen LogP contribution in [-0.4, -0.2) is 257 Å². The monoisotopic (exact) mass is 1120 g/mol. The molecule has 21 atom stereocenters. The van der Waals surface area contributed by atoms with Crippen LogP contribution in [0.1, 0.15) is 75.7 Å². The summed E-state index contributed by atoms with van der Waals surface area (Å²) in [5.41, 5.74) is -0.229. The first-order valence-corrected chi connectivity index (χ1v) is 25.6. The lowest BCUT2D eigenvalue weighted by molar-refractivity contribution is -0.391. The summed E-state index contributed by atoms with van der Waals surface area (Å²) >= 11 is 0. The van der Waals surface area contributed by atoms with Gasteiger partial charge in [0.15, 0.2) is 18.9 Å². The van der Waals surface area contributed by atoms with E-state index in [0.717, 1.165) is 26.2 Å². The van der Waals surface area contributed by atoms with Crippen LogP contribution in [0.3, 0.4) is 0 Å². The highest BCUT2D eigenvalue weighted by Gasteiger charge is 2.61. The van der Waals surface area contributed by atoms with Gasteiger partial charge < -0.3 is 120 Å². The van der Waals surface area contributed by atoms with Crippen LogP contribution in [0.25, 0.3) is 10.9 Å². The quantitative estimate of drug-likeness (QED) is 0.0328. The normalized spacial score (nSPS) is 36.1. The number of aromatic hydroxyl groups is 1. The number of carboxylic acids is 1. The number of nitrogens with zero attached hydrogens (tertiary/aromatic N) is 1. The topological polar surface area (TPSA) is 451 Å². The molecule has 2 amide bonds. The van der Waals surface area contributed by atoms with E-state index in [2.05, 4.69) is 20.4 Å². The average molecular weight is 1120 g/mol. The number of para-hydroxylation sites is 1. The van der Waals surface area contributed by atoms with Gasteiger partial charge in [0, 0.05) is 31.8 Å². The molecule has 29 heteroatoms. The Balaban J connectivity index is 1.36. The summed E-state index contributed by atoms with van der Waals surface area (Å²) in [6.07, 6.45) is -31.7. The van der Waals surface area contributed by atoms with E-state index in [1.807, 2.05) is 0 Å². The van der Waals surface area contributed by atoms with Crippen molar-refractivity contribution in [2.45, 2.75) is 194 Å². The molecule has 4 aliphatic rings. The number of carbonyl (C=O) groups excluding carboxylic acids is 3. The predicted molar refractivity (Wildman–Crippen MR) is 258 cm³/mol. The number of carbonyl (C=O) groups is 4. The molecule has 78 heavy (non-hydrogen) atoms. The van der Waals surface area contributed by atoms with Crippen LogP contribution in [0, 0.1) is 0 Å². The number of carboxylic acid groups (broad SMARTS) is 1. The Bertz CT molecular complexity index is 2290. The number of nitrogens with one attached hydrogen (secondary N) is 2. The Morgan fingerprint density at radius 1 is 0.756 bits per heavy atom. The lowest BCUT2D eigenvalue weighted by atomic mass is 9.88. The first kappa shape index (κ1) is 62.7. The molecule has 5 heterocycles. The Morgan fingerprint density at radius 3 is 2.06 bits per heavy atom. The fraction of sp³-hybridized carbons (Fsp3) is 0.735. The Morgan fingerprint density at radius 2 is 1.41 bits per heavy atom. The number of fused-ring (bicyclic) bond motifs is 1. The maximum atomic E-state index is 14.4. The number of unbranched alkanes of at least 4 members (excludes halogenated alkanes) is 5. The molecule has 0 spiro atoms. The van der Waals surface area contributed by atoms with E-state index in [1.54, 1.807) is 12.1 Å². The van der Waals surface area contributed by atoms with Crippen molar-refractivity contribution < 1.29 is 128 Å². The van der Waals surface area contributed by atoms with Crippen molar-refractivity contribution in [2.24, 2.45) is 0 Å². The van der Waals surface area contributed by atoms with Crippen LogP contribution in [0.4, 0.5) is 0 Å². The minimum Gasteiger partial charge on any atom is -0.506 e. The fourth-order valence-corrected chi connectivity index (χ4v) is 9.74. The number of aliphatic hydroxyl groups excluding tert-OH is 11. The first-order chi connectivity index (χ1) is 37.1. The lowest BCUT2D eigenvalue weighted by Gasteiger charge is -2.51. The fourth-order valence-electron chi connectivity index (χ4n) is 9.74. The Labute approximate surface area is 446 Å². The van der Waals surface area contributed by atoms with Crippen molar-refractivity contribution in [1.29, 1.82) is 0 Å². The summed E-state index contributed by atoms with van der Waals surface area (Å²) in [4.78, 5) is 55.6. The molecule has 6 rings (SSSR count). The van der Waals surface area contributed by atoms with E-state index in [-0.39, 0.29) is 36.0 Å². The highest BCUT2D eigenvalue weighted by molar-refractivity contribution is 5.96. The second-order valence-electron chi connectivity index (χ2n) is 19.6. The molecule has 0 saturated carbocycles. The molecule has 1 aromatic heterocycles. The van der Waals surface area contributed by atoms with Crippen molar-refractivity contribution in [3.8, 4) is 5.75 Å². The zero-order chi connectivity index (χ0) is 57.2. The molecule has 18 unspecified atom stereocenters. The number of rotatable bonds is 25. The number of benzene rings is 1. The molecule has 0 bridgehead atoms.